The first-order chi connectivity index (χ1) is 11.9. The van der Waals surface area contributed by atoms with Gasteiger partial charge in [-0.2, -0.15) is 0 Å². The molecule has 2 aliphatic rings. The largest absolute Gasteiger partial charge is 0.504 e. The van der Waals surface area contributed by atoms with E-state index in [0.29, 0.717) is 21.2 Å². The second kappa shape index (κ2) is 6.45. The molecule has 0 spiro atoms. The molecule has 1 aliphatic heterocycles. The Balaban J connectivity index is 2.00. The molecule has 0 atom stereocenters. The lowest BCUT2D eigenvalue weighted by molar-refractivity contribution is 0.371. The minimum Gasteiger partial charge on any atom is -0.504 e. The van der Waals surface area contributed by atoms with Gasteiger partial charge in [-0.15, -0.1) is 11.3 Å². The molecule has 25 heavy (non-hydrogen) atoms. The number of nitrogens with zero attached hydrogens (tertiary/aromatic N) is 1. The van der Waals surface area contributed by atoms with Crippen molar-refractivity contribution >= 4 is 23.5 Å². The van der Waals surface area contributed by atoms with Gasteiger partial charge in [-0.25, -0.2) is 4.98 Å². The van der Waals surface area contributed by atoms with E-state index in [4.69, 9.17) is 4.74 Å². The number of phenols is 3. The Morgan fingerprint density at radius 3 is 2.56 bits per heavy atom. The quantitative estimate of drug-likeness (QED) is 0.665. The van der Waals surface area contributed by atoms with Gasteiger partial charge in [-0.05, 0) is 42.3 Å². The summed E-state index contributed by atoms with van der Waals surface area (Å²) in [6.45, 7) is 1.83. The van der Waals surface area contributed by atoms with Crippen molar-refractivity contribution in [2.45, 2.75) is 6.92 Å². The van der Waals surface area contributed by atoms with Crippen LogP contribution < -0.4 is 10.2 Å². The van der Waals surface area contributed by atoms with Crippen molar-refractivity contribution in [2.75, 3.05) is 7.11 Å². The Labute approximate surface area is 147 Å². The minimum absolute atomic E-state index is 0.0430. The zero-order valence-corrected chi connectivity index (χ0v) is 14.3. The summed E-state index contributed by atoms with van der Waals surface area (Å²) in [6, 6.07) is 4.70. The fourth-order valence-electron chi connectivity index (χ4n) is 2.50. The third kappa shape index (κ3) is 3.14. The van der Waals surface area contributed by atoms with Crippen molar-refractivity contribution in [1.29, 1.82) is 0 Å². The number of ether oxygens (including phenoxy) is 1. The van der Waals surface area contributed by atoms with Crippen LogP contribution in [0, 0.1) is 6.92 Å². The Bertz CT molecular complexity index is 986. The molecule has 0 saturated heterocycles. The highest BCUT2D eigenvalue weighted by Crippen LogP contribution is 2.36. The van der Waals surface area contributed by atoms with Crippen LogP contribution in [0.4, 0.5) is 0 Å². The van der Waals surface area contributed by atoms with Gasteiger partial charge in [0.1, 0.15) is 5.01 Å². The van der Waals surface area contributed by atoms with Crippen molar-refractivity contribution in [2.24, 2.45) is 0 Å². The second-order valence-electron chi connectivity index (χ2n) is 5.41. The molecule has 0 bridgehead atoms. The van der Waals surface area contributed by atoms with Crippen LogP contribution in [0.2, 0.25) is 0 Å². The Kier molecular flexibility index (Phi) is 4.33. The topological polar surface area (TPSA) is 99.9 Å². The van der Waals surface area contributed by atoms with Gasteiger partial charge in [0.2, 0.25) is 0 Å². The first kappa shape index (κ1) is 16.8. The summed E-state index contributed by atoms with van der Waals surface area (Å²) < 4.78 is 5.11. The summed E-state index contributed by atoms with van der Waals surface area (Å²) in [5, 5.41) is 29.9. The van der Waals surface area contributed by atoms with Crippen molar-refractivity contribution < 1.29 is 20.1 Å². The molecule has 0 amide bonds. The van der Waals surface area contributed by atoms with E-state index in [1.807, 2.05) is 13.0 Å². The van der Waals surface area contributed by atoms with Crippen molar-refractivity contribution in [3.05, 3.63) is 50.8 Å². The SMILES string of the molecule is COc1c(C)cc(C=Cc2ncc3cc(O)c(=O)c(O)c-3s2)cc1O. The van der Waals surface area contributed by atoms with Crippen LogP contribution in [0.25, 0.3) is 22.6 Å². The number of hydrogen-bond acceptors (Lipinski definition) is 7. The van der Waals surface area contributed by atoms with Gasteiger partial charge in [0.15, 0.2) is 23.0 Å². The molecule has 128 valence electrons. The smallest absolute Gasteiger partial charge is 0.263 e. The third-order valence-electron chi connectivity index (χ3n) is 3.65. The maximum Gasteiger partial charge on any atom is 0.263 e. The van der Waals surface area contributed by atoms with E-state index in [1.54, 1.807) is 18.2 Å². The predicted octanol–water partition coefficient (Wildman–Crippen LogP) is 3.21. The Morgan fingerprint density at radius 1 is 1.12 bits per heavy atom. The van der Waals surface area contributed by atoms with Crippen LogP contribution in [0.1, 0.15) is 16.1 Å². The van der Waals surface area contributed by atoms with Gasteiger partial charge in [0, 0.05) is 11.8 Å². The molecule has 7 heteroatoms. The zero-order valence-electron chi connectivity index (χ0n) is 13.5. The van der Waals surface area contributed by atoms with Crippen molar-refractivity contribution in [1.82, 2.24) is 4.98 Å². The Morgan fingerprint density at radius 2 is 1.88 bits per heavy atom. The van der Waals surface area contributed by atoms with Crippen LogP contribution in [-0.2, 0) is 0 Å². The molecule has 0 radical (unpaired) electrons. The van der Waals surface area contributed by atoms with Crippen LogP contribution in [0.15, 0.2) is 29.2 Å². The summed E-state index contributed by atoms with van der Waals surface area (Å²) in [4.78, 5) is 16.2. The number of hydrogen-bond donors (Lipinski definition) is 3. The Hall–Kier alpha value is -3.06. The maximum atomic E-state index is 11.6. The van der Waals surface area contributed by atoms with Gasteiger partial charge in [-0.3, -0.25) is 4.79 Å². The normalized spacial score (nSPS) is 11.3. The fraction of sp³-hybridized carbons (Fsp3) is 0.111. The van der Waals surface area contributed by atoms with Gasteiger partial charge in [-0.1, -0.05) is 6.08 Å². The number of phenolic OH excluding ortho intramolecular Hbond substituents is 3. The van der Waals surface area contributed by atoms with E-state index < -0.39 is 16.9 Å². The summed E-state index contributed by atoms with van der Waals surface area (Å²) >= 11 is 1.13. The average Bonchev–Trinajstić information content (AvgIpc) is 2.58. The van der Waals surface area contributed by atoms with Crippen molar-refractivity contribution in [3.63, 3.8) is 0 Å². The van der Waals surface area contributed by atoms with Crippen LogP contribution in [0.5, 0.6) is 23.0 Å². The fourth-order valence-corrected chi connectivity index (χ4v) is 3.37. The summed E-state index contributed by atoms with van der Waals surface area (Å²) in [6.07, 6.45) is 4.94. The molecule has 1 aliphatic carbocycles. The standard InChI is InChI=1S/C18H15NO5S/c1-9-5-10(6-13(21)17(9)24-2)3-4-14-19-8-11-7-12(20)15(22)16(23)18(11)25-14/h3-8,20-21,23H,1-2H3. The number of rotatable bonds is 3. The molecule has 3 N–H and O–H groups in total. The van der Waals surface area contributed by atoms with Crippen LogP contribution in [0.3, 0.4) is 0 Å². The molecule has 0 aromatic heterocycles. The number of aromatic nitrogens is 1. The number of aryl methyl sites for hydroxylation is 1. The van der Waals surface area contributed by atoms with E-state index in [1.165, 1.54) is 19.4 Å². The maximum absolute atomic E-state index is 11.6. The monoisotopic (exact) mass is 357 g/mol. The van der Waals surface area contributed by atoms with E-state index in [0.717, 1.165) is 22.5 Å². The lowest BCUT2D eigenvalue weighted by Crippen LogP contribution is -2.01. The highest BCUT2D eigenvalue weighted by molar-refractivity contribution is 7.16. The first-order valence-corrected chi connectivity index (χ1v) is 8.13. The third-order valence-corrected chi connectivity index (χ3v) is 4.74. The number of methoxy groups -OCH3 is 1. The lowest BCUT2D eigenvalue weighted by atomic mass is 10.1. The highest BCUT2D eigenvalue weighted by atomic mass is 32.1. The molecule has 0 unspecified atom stereocenters. The first-order valence-electron chi connectivity index (χ1n) is 7.31. The molecule has 0 saturated carbocycles. The molecular weight excluding hydrogens is 342 g/mol. The predicted molar refractivity (Wildman–Crippen MR) is 96.7 cm³/mol. The minimum atomic E-state index is -0.805. The van der Waals surface area contributed by atoms with Gasteiger partial charge in [0.25, 0.3) is 5.43 Å². The molecule has 1 aromatic carbocycles. The lowest BCUT2D eigenvalue weighted by Gasteiger charge is -2.08. The molecule has 0 fully saturated rings. The molecule has 1 aromatic rings. The van der Waals surface area contributed by atoms with Gasteiger partial charge >= 0.3 is 0 Å². The van der Waals surface area contributed by atoms with Gasteiger partial charge < -0.3 is 20.1 Å². The van der Waals surface area contributed by atoms with E-state index >= 15 is 0 Å². The molecule has 1 heterocycles. The summed E-state index contributed by atoms with van der Waals surface area (Å²) in [5.74, 6) is -0.528. The molecule has 6 nitrogen and oxygen atoms in total. The van der Waals surface area contributed by atoms with Crippen LogP contribution >= 0.6 is 11.3 Å². The van der Waals surface area contributed by atoms with Crippen molar-refractivity contribution in [3.8, 4) is 33.4 Å². The molecule has 3 rings (SSSR count). The van der Waals surface area contributed by atoms with E-state index in [9.17, 15) is 20.1 Å². The highest BCUT2D eigenvalue weighted by Gasteiger charge is 2.16. The molecular formula is C18H15NO5S. The number of fused-ring (bicyclic) bond motifs is 1. The summed E-state index contributed by atoms with van der Waals surface area (Å²) in [7, 11) is 1.49. The van der Waals surface area contributed by atoms with Gasteiger partial charge in [0.05, 0.1) is 12.0 Å². The van der Waals surface area contributed by atoms with E-state index in [2.05, 4.69) is 4.98 Å². The zero-order chi connectivity index (χ0) is 18.1. The average molecular weight is 357 g/mol. The second-order valence-corrected chi connectivity index (χ2v) is 6.44. The number of aromatic hydroxyl groups is 3. The van der Waals surface area contributed by atoms with Crippen LogP contribution in [-0.4, -0.2) is 27.4 Å². The summed E-state index contributed by atoms with van der Waals surface area (Å²) in [5.41, 5.74) is 1.22. The van der Waals surface area contributed by atoms with E-state index in [-0.39, 0.29) is 5.75 Å². The number of benzene rings is 2.